The molecule has 8 nitrogen and oxygen atoms in total. The van der Waals surface area contributed by atoms with Crippen molar-refractivity contribution >= 4 is 42.6 Å². The minimum atomic E-state index is -3.51. The standard InChI is InChI=1S/C27H30BrN3O5S/c1-37(34,35)21-5-6-24-22(16-21)25(27(32)33)23(26(29-24)18-3-2-4-19(28)15-18)17-30-9-7-20(8-10-30)31-11-13-36-14-12-31/h2-6,15-16,20H,7-14,17H2,1H3,(H,32,33). The third kappa shape index (κ3) is 5.73. The number of benzene rings is 2. The fraction of sp³-hybridized carbons (Fsp3) is 0.407. The molecule has 2 fully saturated rings. The van der Waals surface area contributed by atoms with Gasteiger partial charge in [0.1, 0.15) is 0 Å². The van der Waals surface area contributed by atoms with Crippen LogP contribution in [0.3, 0.4) is 0 Å². The number of ether oxygens (including phenoxy) is 1. The maximum Gasteiger partial charge on any atom is 0.336 e. The molecule has 2 aromatic carbocycles. The lowest BCUT2D eigenvalue weighted by Crippen LogP contribution is -2.48. The fourth-order valence-electron chi connectivity index (χ4n) is 5.39. The Labute approximate surface area is 225 Å². The van der Waals surface area contributed by atoms with Crippen molar-refractivity contribution in [2.45, 2.75) is 30.3 Å². The first kappa shape index (κ1) is 26.2. The Balaban J connectivity index is 1.57. The van der Waals surface area contributed by atoms with Crippen molar-refractivity contribution in [2.75, 3.05) is 45.6 Å². The molecule has 2 saturated heterocycles. The maximum absolute atomic E-state index is 12.7. The molecule has 0 saturated carbocycles. The summed E-state index contributed by atoms with van der Waals surface area (Å²) in [6.45, 7) is 5.58. The van der Waals surface area contributed by atoms with Crippen molar-refractivity contribution in [2.24, 2.45) is 0 Å². The Morgan fingerprint density at radius 2 is 1.84 bits per heavy atom. The number of aromatic carboxylic acids is 1. The molecule has 1 aromatic heterocycles. The minimum absolute atomic E-state index is 0.0804. The number of sulfone groups is 1. The number of hydrogen-bond donors (Lipinski definition) is 1. The molecule has 3 aromatic rings. The van der Waals surface area contributed by atoms with Crippen LogP contribution >= 0.6 is 15.9 Å². The second kappa shape index (κ2) is 10.8. The van der Waals surface area contributed by atoms with E-state index in [1.54, 1.807) is 6.07 Å². The highest BCUT2D eigenvalue weighted by molar-refractivity contribution is 9.10. The molecule has 0 radical (unpaired) electrons. The molecule has 0 aliphatic carbocycles. The fourth-order valence-corrected chi connectivity index (χ4v) is 6.44. The van der Waals surface area contributed by atoms with E-state index in [9.17, 15) is 18.3 Å². The van der Waals surface area contributed by atoms with Crippen molar-refractivity contribution < 1.29 is 23.1 Å². The van der Waals surface area contributed by atoms with Crippen molar-refractivity contribution in [3.05, 3.63) is 58.1 Å². The van der Waals surface area contributed by atoms with E-state index >= 15 is 0 Å². The van der Waals surface area contributed by atoms with Crippen LogP contribution in [0.2, 0.25) is 0 Å². The Morgan fingerprint density at radius 3 is 2.49 bits per heavy atom. The lowest BCUT2D eigenvalue weighted by Gasteiger charge is -2.40. The van der Waals surface area contributed by atoms with Gasteiger partial charge in [0.25, 0.3) is 0 Å². The Bertz CT molecular complexity index is 1430. The maximum atomic E-state index is 12.7. The number of rotatable bonds is 6. The van der Waals surface area contributed by atoms with Gasteiger partial charge in [0.05, 0.1) is 34.9 Å². The molecule has 0 amide bonds. The zero-order valence-electron chi connectivity index (χ0n) is 20.7. The number of halogens is 1. The highest BCUT2D eigenvalue weighted by atomic mass is 79.9. The van der Waals surface area contributed by atoms with Crippen LogP contribution in [-0.4, -0.2) is 86.0 Å². The molecular formula is C27H30BrN3O5S. The first-order valence-electron chi connectivity index (χ1n) is 12.4. The van der Waals surface area contributed by atoms with E-state index in [0.717, 1.165) is 68.5 Å². The van der Waals surface area contributed by atoms with Crippen LogP contribution in [0.15, 0.2) is 51.8 Å². The molecule has 2 aliphatic heterocycles. The second-order valence-electron chi connectivity index (χ2n) is 9.74. The summed E-state index contributed by atoms with van der Waals surface area (Å²) >= 11 is 3.52. The molecule has 0 spiro atoms. The summed E-state index contributed by atoms with van der Waals surface area (Å²) in [4.78, 5) is 22.5. The summed E-state index contributed by atoms with van der Waals surface area (Å²) in [5.41, 5.74) is 2.58. The molecule has 10 heteroatoms. The van der Waals surface area contributed by atoms with Crippen LogP contribution in [0.4, 0.5) is 0 Å². The van der Waals surface area contributed by atoms with E-state index in [1.165, 1.54) is 12.1 Å². The number of aromatic nitrogens is 1. The van der Waals surface area contributed by atoms with Gasteiger partial charge in [-0.05, 0) is 56.3 Å². The topological polar surface area (TPSA) is 100 Å². The Morgan fingerprint density at radius 1 is 1.11 bits per heavy atom. The summed E-state index contributed by atoms with van der Waals surface area (Å²) < 4.78 is 30.9. The highest BCUT2D eigenvalue weighted by Crippen LogP contribution is 2.34. The summed E-state index contributed by atoms with van der Waals surface area (Å²) in [6.07, 6.45) is 3.14. The second-order valence-corrected chi connectivity index (χ2v) is 12.7. The number of fused-ring (bicyclic) bond motifs is 1. The lowest BCUT2D eigenvalue weighted by atomic mass is 9.95. The molecule has 37 heavy (non-hydrogen) atoms. The van der Waals surface area contributed by atoms with Crippen LogP contribution in [-0.2, 0) is 21.1 Å². The molecule has 2 aliphatic rings. The summed E-state index contributed by atoms with van der Waals surface area (Å²) in [5.74, 6) is -1.09. The number of nitrogens with zero attached hydrogens (tertiary/aromatic N) is 3. The number of pyridine rings is 1. The number of carboxylic acids is 1. The first-order valence-corrected chi connectivity index (χ1v) is 15.1. The molecular weight excluding hydrogens is 558 g/mol. The number of morpholine rings is 1. The predicted molar refractivity (Wildman–Crippen MR) is 146 cm³/mol. The summed E-state index contributed by atoms with van der Waals surface area (Å²) in [5, 5.41) is 10.7. The largest absolute Gasteiger partial charge is 0.478 e. The van der Waals surface area contributed by atoms with Gasteiger partial charge in [-0.2, -0.15) is 0 Å². The molecule has 1 N–H and O–H groups in total. The van der Waals surface area contributed by atoms with Crippen molar-refractivity contribution in [1.82, 2.24) is 14.8 Å². The third-order valence-corrected chi connectivity index (χ3v) is 8.90. The Kier molecular flexibility index (Phi) is 7.65. The average Bonchev–Trinajstić information content (AvgIpc) is 2.88. The first-order chi connectivity index (χ1) is 17.7. The number of hydrogen-bond acceptors (Lipinski definition) is 7. The van der Waals surface area contributed by atoms with Gasteiger partial charge in [-0.25, -0.2) is 18.2 Å². The van der Waals surface area contributed by atoms with Crippen molar-refractivity contribution in [3.63, 3.8) is 0 Å². The number of carboxylic acid groups (broad SMARTS) is 1. The quantitative estimate of drug-likeness (QED) is 0.461. The average molecular weight is 589 g/mol. The summed E-state index contributed by atoms with van der Waals surface area (Å²) in [7, 11) is -3.51. The Hall–Kier alpha value is -2.37. The van der Waals surface area contributed by atoms with Crippen molar-refractivity contribution in [3.8, 4) is 11.3 Å². The van der Waals surface area contributed by atoms with Gasteiger partial charge in [0.15, 0.2) is 9.84 Å². The number of likely N-dealkylation sites (tertiary alicyclic amines) is 1. The molecule has 3 heterocycles. The van der Waals surface area contributed by atoms with Crippen LogP contribution in [0, 0.1) is 0 Å². The van der Waals surface area contributed by atoms with Gasteiger partial charge in [0, 0.05) is 52.9 Å². The molecule has 0 unspecified atom stereocenters. The SMILES string of the molecule is CS(=O)(=O)c1ccc2nc(-c3cccc(Br)c3)c(CN3CCC(N4CCOCC4)CC3)c(C(=O)O)c2c1. The summed E-state index contributed by atoms with van der Waals surface area (Å²) in [6, 6.07) is 12.7. The zero-order chi connectivity index (χ0) is 26.2. The molecule has 5 rings (SSSR count). The highest BCUT2D eigenvalue weighted by Gasteiger charge is 2.29. The van der Waals surface area contributed by atoms with Crippen LogP contribution in [0.5, 0.6) is 0 Å². The number of piperidine rings is 1. The van der Waals surface area contributed by atoms with Gasteiger partial charge in [-0.3, -0.25) is 9.80 Å². The third-order valence-electron chi connectivity index (χ3n) is 7.30. The zero-order valence-corrected chi connectivity index (χ0v) is 23.1. The monoisotopic (exact) mass is 587 g/mol. The van der Waals surface area contributed by atoms with Crippen LogP contribution < -0.4 is 0 Å². The van der Waals surface area contributed by atoms with E-state index in [4.69, 9.17) is 9.72 Å². The minimum Gasteiger partial charge on any atom is -0.478 e. The van der Waals surface area contributed by atoms with E-state index in [0.29, 0.717) is 34.7 Å². The van der Waals surface area contributed by atoms with E-state index in [2.05, 4.69) is 25.7 Å². The lowest BCUT2D eigenvalue weighted by molar-refractivity contribution is 0.000216. The molecule has 0 atom stereocenters. The van der Waals surface area contributed by atoms with E-state index < -0.39 is 15.8 Å². The van der Waals surface area contributed by atoms with Gasteiger partial charge < -0.3 is 9.84 Å². The van der Waals surface area contributed by atoms with Gasteiger partial charge >= 0.3 is 5.97 Å². The van der Waals surface area contributed by atoms with E-state index in [-0.39, 0.29) is 10.5 Å². The van der Waals surface area contributed by atoms with Crippen LogP contribution in [0.1, 0.15) is 28.8 Å². The number of carbonyl (C=O) groups is 1. The van der Waals surface area contributed by atoms with Gasteiger partial charge in [-0.1, -0.05) is 28.1 Å². The van der Waals surface area contributed by atoms with E-state index in [1.807, 2.05) is 24.3 Å². The predicted octanol–water partition coefficient (Wildman–Crippen LogP) is 4.06. The molecule has 0 bridgehead atoms. The van der Waals surface area contributed by atoms with Crippen LogP contribution in [0.25, 0.3) is 22.2 Å². The van der Waals surface area contributed by atoms with Crippen molar-refractivity contribution in [1.29, 1.82) is 0 Å². The smallest absolute Gasteiger partial charge is 0.336 e. The van der Waals surface area contributed by atoms with Gasteiger partial charge in [0.2, 0.25) is 0 Å². The molecule has 196 valence electrons. The normalized spacial score (nSPS) is 18.3. The van der Waals surface area contributed by atoms with Gasteiger partial charge in [-0.15, -0.1) is 0 Å².